The molecule has 2 amide bonds. The molecular weight excluding hydrogens is 580 g/mol. The number of nitrogens with one attached hydrogen (secondary N) is 2. The van der Waals surface area contributed by atoms with Crippen LogP contribution >= 0.6 is 0 Å². The van der Waals surface area contributed by atoms with Crippen molar-refractivity contribution in [1.29, 1.82) is 0 Å². The zero-order valence-electron chi connectivity index (χ0n) is 25.8. The predicted octanol–water partition coefficient (Wildman–Crippen LogP) is 8.16. The lowest BCUT2D eigenvalue weighted by molar-refractivity contribution is 0.0924. The van der Waals surface area contributed by atoms with Gasteiger partial charge in [-0.3, -0.25) is 9.59 Å². The summed E-state index contributed by atoms with van der Waals surface area (Å²) in [5.41, 5.74) is 5.23. The quantitative estimate of drug-likeness (QED) is 0.0681. The number of allylic oxidation sites excluding steroid dienone is 2. The molecule has 234 valence electrons. The monoisotopic (exact) mass is 616 g/mol. The van der Waals surface area contributed by atoms with Crippen LogP contribution in [0, 0.1) is 13.8 Å². The smallest absolute Gasteiger partial charge is 0.255 e. The largest absolute Gasteiger partial charge is 0.507 e. The first kappa shape index (κ1) is 33.0. The number of azo groups is 2. The molecule has 0 spiro atoms. The summed E-state index contributed by atoms with van der Waals surface area (Å²) in [6.45, 7) is 11.5. The molecule has 0 aliphatic carbocycles. The van der Waals surface area contributed by atoms with Crippen molar-refractivity contribution in [3.63, 3.8) is 0 Å². The number of aromatic hydroxyl groups is 2. The third-order valence-corrected chi connectivity index (χ3v) is 6.89. The van der Waals surface area contributed by atoms with Gasteiger partial charge in [-0.25, -0.2) is 0 Å². The Morgan fingerprint density at radius 2 is 0.957 bits per heavy atom. The lowest BCUT2D eigenvalue weighted by Crippen LogP contribution is -2.34. The highest BCUT2D eigenvalue weighted by molar-refractivity contribution is 5.99. The van der Waals surface area contributed by atoms with E-state index >= 15 is 0 Å². The first-order valence-electron chi connectivity index (χ1n) is 14.6. The molecule has 0 unspecified atom stereocenters. The van der Waals surface area contributed by atoms with Gasteiger partial charge in [-0.05, 0) is 75.2 Å². The van der Waals surface area contributed by atoms with Crippen LogP contribution in [-0.4, -0.2) is 35.1 Å². The highest BCUT2D eigenvalue weighted by Crippen LogP contribution is 2.32. The highest BCUT2D eigenvalue weighted by atomic mass is 16.3. The van der Waals surface area contributed by atoms with Gasteiger partial charge in [-0.15, -0.1) is 13.2 Å². The van der Waals surface area contributed by atoms with E-state index in [1.165, 1.54) is 12.1 Å². The number of rotatable bonds is 13. The maximum Gasteiger partial charge on any atom is 0.255 e. The van der Waals surface area contributed by atoms with E-state index in [2.05, 4.69) is 44.2 Å². The van der Waals surface area contributed by atoms with Gasteiger partial charge >= 0.3 is 0 Å². The number of hydrogen-bond acceptors (Lipinski definition) is 8. The summed E-state index contributed by atoms with van der Waals surface area (Å²) < 4.78 is 0. The van der Waals surface area contributed by atoms with Crippen molar-refractivity contribution < 1.29 is 19.8 Å². The van der Waals surface area contributed by atoms with E-state index in [-0.39, 0.29) is 35.7 Å². The van der Waals surface area contributed by atoms with Crippen LogP contribution in [0.1, 0.15) is 43.0 Å². The van der Waals surface area contributed by atoms with Crippen molar-refractivity contribution in [2.75, 3.05) is 13.1 Å². The van der Waals surface area contributed by atoms with Crippen LogP contribution in [0.4, 0.5) is 22.7 Å². The number of amides is 2. The van der Waals surface area contributed by atoms with Gasteiger partial charge in [-0.2, -0.15) is 20.5 Å². The maximum absolute atomic E-state index is 13.1. The van der Waals surface area contributed by atoms with Crippen molar-refractivity contribution in [1.82, 2.24) is 10.6 Å². The molecule has 4 rings (SSSR count). The number of phenolic OH excluding ortho intramolecular Hbond substituents is 2. The zero-order valence-corrected chi connectivity index (χ0v) is 25.8. The van der Waals surface area contributed by atoms with Gasteiger partial charge < -0.3 is 20.8 Å². The first-order valence-corrected chi connectivity index (χ1v) is 14.6. The second kappa shape index (κ2) is 15.7. The van der Waals surface area contributed by atoms with Gasteiger partial charge in [0.2, 0.25) is 0 Å². The Bertz CT molecular complexity index is 1660. The van der Waals surface area contributed by atoms with Gasteiger partial charge in [0.25, 0.3) is 11.8 Å². The summed E-state index contributed by atoms with van der Waals surface area (Å²) >= 11 is 0. The molecule has 0 saturated heterocycles. The van der Waals surface area contributed by atoms with Crippen molar-refractivity contribution in [3.8, 4) is 11.5 Å². The average molecular weight is 617 g/mol. The van der Waals surface area contributed by atoms with E-state index in [1.807, 2.05) is 62.4 Å². The molecule has 0 bridgehead atoms. The number of carbonyl (C=O) groups is 2. The fourth-order valence-electron chi connectivity index (χ4n) is 4.44. The minimum absolute atomic E-state index is 0.0156. The lowest BCUT2D eigenvalue weighted by atomic mass is 10.0. The summed E-state index contributed by atoms with van der Waals surface area (Å²) in [4.78, 5) is 26.1. The van der Waals surface area contributed by atoms with E-state index in [0.717, 1.165) is 11.1 Å². The molecule has 4 aromatic carbocycles. The number of benzene rings is 4. The van der Waals surface area contributed by atoms with Crippen LogP contribution in [-0.2, 0) is 12.8 Å². The van der Waals surface area contributed by atoms with E-state index in [9.17, 15) is 19.8 Å². The fraction of sp³-hybridized carbons (Fsp3) is 0.167. The Morgan fingerprint density at radius 3 is 1.30 bits per heavy atom. The highest BCUT2D eigenvalue weighted by Gasteiger charge is 2.18. The molecule has 0 fully saturated rings. The van der Waals surface area contributed by atoms with Gasteiger partial charge in [0.05, 0.1) is 33.9 Å². The summed E-state index contributed by atoms with van der Waals surface area (Å²) in [6, 6.07) is 21.2. The summed E-state index contributed by atoms with van der Waals surface area (Å²) in [5, 5.41) is 43.9. The van der Waals surface area contributed by atoms with Gasteiger partial charge in [0.1, 0.15) is 11.5 Å². The topological polar surface area (TPSA) is 148 Å². The predicted molar refractivity (Wildman–Crippen MR) is 179 cm³/mol. The Morgan fingerprint density at radius 1 is 0.609 bits per heavy atom. The number of nitrogens with zero attached hydrogens (tertiary/aromatic N) is 4. The van der Waals surface area contributed by atoms with E-state index in [4.69, 9.17) is 0 Å². The van der Waals surface area contributed by atoms with E-state index in [0.29, 0.717) is 46.7 Å². The van der Waals surface area contributed by atoms with Crippen LogP contribution in [0.3, 0.4) is 0 Å². The second-order valence-electron chi connectivity index (χ2n) is 10.6. The maximum atomic E-state index is 13.1. The van der Waals surface area contributed by atoms with Gasteiger partial charge in [-0.1, -0.05) is 47.5 Å². The Hall–Kier alpha value is -5.90. The van der Waals surface area contributed by atoms with E-state index in [1.54, 1.807) is 24.3 Å². The van der Waals surface area contributed by atoms with Gasteiger partial charge in [0, 0.05) is 24.2 Å². The average Bonchev–Trinajstić information content (AvgIpc) is 3.05. The van der Waals surface area contributed by atoms with Crippen LogP contribution < -0.4 is 10.6 Å². The number of aryl methyl sites for hydroxylation is 2. The molecule has 0 aliphatic heterocycles. The fourth-order valence-corrected chi connectivity index (χ4v) is 4.44. The normalized spacial score (nSPS) is 11.1. The molecule has 0 atom stereocenters. The minimum Gasteiger partial charge on any atom is -0.507 e. The van der Waals surface area contributed by atoms with Crippen molar-refractivity contribution in [2.24, 2.45) is 20.5 Å². The summed E-state index contributed by atoms with van der Waals surface area (Å²) in [6.07, 6.45) is 3.86. The SMILES string of the molecule is C=CCc1cc(N=Nc2ccc(C)cc2)cc(C(=O)NCCNC(=O)c2cc(N=Nc3ccc(C)cc3)cc(CC=C)c2O)c1O. The van der Waals surface area contributed by atoms with Crippen LogP contribution in [0.25, 0.3) is 0 Å². The third-order valence-electron chi connectivity index (χ3n) is 6.89. The molecule has 46 heavy (non-hydrogen) atoms. The molecule has 0 aliphatic rings. The molecule has 0 radical (unpaired) electrons. The molecule has 0 saturated carbocycles. The number of phenols is 2. The molecule has 0 heterocycles. The standard InChI is InChI=1S/C36H36N6O4/c1-5-7-25-19-29(41-39-27-13-9-23(3)10-14-27)21-31(33(25)43)35(45)37-17-18-38-36(46)32-22-30(20-26(8-6-2)34(32)44)42-40-28-15-11-24(4)12-16-28/h5-6,9-16,19-22,43-44H,1-2,7-8,17-18H2,3-4H3,(H,37,45)(H,38,46). The molecule has 4 aromatic rings. The van der Waals surface area contributed by atoms with E-state index < -0.39 is 11.8 Å². The lowest BCUT2D eigenvalue weighted by Gasteiger charge is -2.13. The van der Waals surface area contributed by atoms with Crippen molar-refractivity contribution >= 4 is 34.6 Å². The van der Waals surface area contributed by atoms with Crippen LogP contribution in [0.5, 0.6) is 11.5 Å². The Balaban J connectivity index is 1.44. The number of carbonyl (C=O) groups excluding carboxylic acids is 2. The first-order chi connectivity index (χ1) is 22.2. The minimum atomic E-state index is -0.556. The summed E-state index contributed by atoms with van der Waals surface area (Å²) in [5.74, 6) is -1.49. The van der Waals surface area contributed by atoms with Crippen molar-refractivity contribution in [2.45, 2.75) is 26.7 Å². The molecule has 10 heteroatoms. The molecular formula is C36H36N6O4. The third kappa shape index (κ3) is 8.82. The Kier molecular flexibility index (Phi) is 11.3. The molecule has 10 nitrogen and oxygen atoms in total. The van der Waals surface area contributed by atoms with Crippen molar-refractivity contribution in [3.05, 3.63) is 131 Å². The summed E-state index contributed by atoms with van der Waals surface area (Å²) in [7, 11) is 0. The number of hydrogen-bond donors (Lipinski definition) is 4. The second-order valence-corrected chi connectivity index (χ2v) is 10.6. The zero-order chi connectivity index (χ0) is 33.1. The van der Waals surface area contributed by atoms with Gasteiger partial charge in [0.15, 0.2) is 0 Å². The van der Waals surface area contributed by atoms with Crippen LogP contribution in [0.15, 0.2) is 119 Å². The molecule has 0 aromatic heterocycles. The molecule has 4 N–H and O–H groups in total. The Labute approximate surface area is 268 Å². The van der Waals surface area contributed by atoms with Crippen LogP contribution in [0.2, 0.25) is 0 Å².